The van der Waals surface area contributed by atoms with E-state index >= 15 is 0 Å². The van der Waals surface area contributed by atoms with Crippen molar-refractivity contribution < 1.29 is 4.42 Å². The summed E-state index contributed by atoms with van der Waals surface area (Å²) in [6.45, 7) is 4.17. The van der Waals surface area contributed by atoms with E-state index in [2.05, 4.69) is 11.9 Å². The molecule has 1 N–H and O–H groups in total. The van der Waals surface area contributed by atoms with Crippen molar-refractivity contribution in [2.45, 2.75) is 6.04 Å². The average Bonchev–Trinajstić information content (AvgIpc) is 2.90. The van der Waals surface area contributed by atoms with Crippen LogP contribution in [-0.2, 0) is 0 Å². The van der Waals surface area contributed by atoms with E-state index in [1.54, 1.807) is 6.26 Å². The van der Waals surface area contributed by atoms with Crippen molar-refractivity contribution >= 4 is 34.5 Å². The van der Waals surface area contributed by atoms with Crippen molar-refractivity contribution in [3.63, 3.8) is 0 Å². The van der Waals surface area contributed by atoms with Crippen molar-refractivity contribution in [3.05, 3.63) is 57.1 Å². The van der Waals surface area contributed by atoms with Gasteiger partial charge in [0.2, 0.25) is 0 Å². The lowest BCUT2D eigenvalue weighted by molar-refractivity contribution is 0.459. The molecule has 0 aliphatic carbocycles. The van der Waals surface area contributed by atoms with Gasteiger partial charge in [-0.1, -0.05) is 29.8 Å². The third-order valence-electron chi connectivity index (χ3n) is 2.20. The van der Waals surface area contributed by atoms with Crippen molar-refractivity contribution in [3.8, 4) is 0 Å². The van der Waals surface area contributed by atoms with Gasteiger partial charge in [0.05, 0.1) is 10.6 Å². The molecular weight excluding hydrogens is 277 g/mol. The Bertz CT molecular complexity index is 492. The molecule has 2 heterocycles. The molecule has 0 bridgehead atoms. The van der Waals surface area contributed by atoms with Crippen LogP contribution >= 0.6 is 34.5 Å². The smallest absolute Gasteiger partial charge is 0.126 e. The van der Waals surface area contributed by atoms with Crippen molar-refractivity contribution in [2.24, 2.45) is 0 Å². The molecule has 17 heavy (non-hydrogen) atoms. The maximum absolute atomic E-state index is 5.95. The molecule has 0 aliphatic heterocycles. The zero-order valence-corrected chi connectivity index (χ0v) is 11.3. The van der Waals surface area contributed by atoms with Crippen LogP contribution in [0.4, 0.5) is 0 Å². The highest BCUT2D eigenvalue weighted by Crippen LogP contribution is 2.31. The van der Waals surface area contributed by atoms with Crippen LogP contribution in [0.25, 0.3) is 0 Å². The SMILES string of the molecule is C=C(Cl)CNC(c1ccco1)c1ccc(Cl)s1. The number of rotatable bonds is 5. The third kappa shape index (κ3) is 3.36. The molecule has 0 aromatic carbocycles. The van der Waals surface area contributed by atoms with Crippen molar-refractivity contribution in [1.82, 2.24) is 5.32 Å². The number of halogens is 2. The van der Waals surface area contributed by atoms with Gasteiger partial charge in [-0.25, -0.2) is 0 Å². The Morgan fingerprint density at radius 1 is 1.47 bits per heavy atom. The van der Waals surface area contributed by atoms with Gasteiger partial charge < -0.3 is 4.42 Å². The first kappa shape index (κ1) is 12.7. The Balaban J connectivity index is 2.21. The highest BCUT2D eigenvalue weighted by molar-refractivity contribution is 7.16. The Labute approximate surface area is 114 Å². The lowest BCUT2D eigenvalue weighted by atomic mass is 10.2. The fourth-order valence-electron chi connectivity index (χ4n) is 1.49. The quantitative estimate of drug-likeness (QED) is 0.880. The molecule has 1 atom stereocenters. The Morgan fingerprint density at radius 2 is 2.29 bits per heavy atom. The summed E-state index contributed by atoms with van der Waals surface area (Å²) in [5, 5.41) is 3.84. The summed E-state index contributed by atoms with van der Waals surface area (Å²) in [7, 11) is 0. The predicted molar refractivity (Wildman–Crippen MR) is 72.9 cm³/mol. The first-order valence-corrected chi connectivity index (χ1v) is 6.59. The molecule has 1 unspecified atom stereocenters. The third-order valence-corrected chi connectivity index (χ3v) is 3.63. The molecule has 90 valence electrons. The minimum absolute atomic E-state index is 0.0435. The van der Waals surface area contributed by atoms with Gasteiger partial charge in [0, 0.05) is 16.5 Å². The maximum Gasteiger partial charge on any atom is 0.126 e. The topological polar surface area (TPSA) is 25.2 Å². The maximum atomic E-state index is 5.95. The zero-order valence-electron chi connectivity index (χ0n) is 8.95. The molecule has 0 aliphatic rings. The molecule has 0 amide bonds. The molecule has 5 heteroatoms. The van der Waals surface area contributed by atoms with E-state index in [0.717, 1.165) is 15.0 Å². The molecule has 2 aromatic rings. The van der Waals surface area contributed by atoms with Gasteiger partial charge in [0.15, 0.2) is 0 Å². The van der Waals surface area contributed by atoms with E-state index in [-0.39, 0.29) is 6.04 Å². The summed E-state index contributed by atoms with van der Waals surface area (Å²) in [6.07, 6.45) is 1.65. The summed E-state index contributed by atoms with van der Waals surface area (Å²) in [4.78, 5) is 1.09. The lowest BCUT2D eigenvalue weighted by Gasteiger charge is -2.14. The predicted octanol–water partition coefficient (Wildman–Crippen LogP) is 4.43. The van der Waals surface area contributed by atoms with Crippen LogP contribution in [0.2, 0.25) is 4.34 Å². The molecule has 0 saturated heterocycles. The van der Waals surface area contributed by atoms with Crippen LogP contribution in [0.3, 0.4) is 0 Å². The van der Waals surface area contributed by atoms with Gasteiger partial charge in [-0.3, -0.25) is 5.32 Å². The minimum Gasteiger partial charge on any atom is -0.467 e. The Kier molecular flexibility index (Phi) is 4.29. The molecule has 0 radical (unpaired) electrons. The summed E-state index contributed by atoms with van der Waals surface area (Å²) in [5.74, 6) is 0.835. The minimum atomic E-state index is -0.0435. The fourth-order valence-corrected chi connectivity index (χ4v) is 2.72. The average molecular weight is 288 g/mol. The summed E-state index contributed by atoms with van der Waals surface area (Å²) < 4.78 is 6.17. The summed E-state index contributed by atoms with van der Waals surface area (Å²) >= 11 is 13.2. The number of thiophene rings is 1. The first-order chi connectivity index (χ1) is 8.16. The highest BCUT2D eigenvalue weighted by atomic mass is 35.5. The molecule has 2 nitrogen and oxygen atoms in total. The molecule has 2 rings (SSSR count). The lowest BCUT2D eigenvalue weighted by Crippen LogP contribution is -2.22. The number of hydrogen-bond acceptors (Lipinski definition) is 3. The van der Waals surface area contributed by atoms with E-state index in [1.165, 1.54) is 11.3 Å². The number of hydrogen-bond donors (Lipinski definition) is 1. The fraction of sp³-hybridized carbons (Fsp3) is 0.167. The van der Waals surface area contributed by atoms with E-state index in [9.17, 15) is 0 Å². The van der Waals surface area contributed by atoms with Crippen molar-refractivity contribution in [1.29, 1.82) is 0 Å². The largest absolute Gasteiger partial charge is 0.467 e. The molecular formula is C12H11Cl2NOS. The van der Waals surface area contributed by atoms with Gasteiger partial charge in [-0.15, -0.1) is 11.3 Å². The summed E-state index contributed by atoms with van der Waals surface area (Å²) in [6, 6.07) is 7.58. The second-order valence-corrected chi connectivity index (χ2v) is 5.77. The van der Waals surface area contributed by atoms with Gasteiger partial charge in [-0.05, 0) is 24.3 Å². The van der Waals surface area contributed by atoms with Gasteiger partial charge >= 0.3 is 0 Å². The van der Waals surface area contributed by atoms with E-state index in [0.29, 0.717) is 11.6 Å². The van der Waals surface area contributed by atoms with Gasteiger partial charge in [0.1, 0.15) is 11.8 Å². The number of furan rings is 1. The van der Waals surface area contributed by atoms with Gasteiger partial charge in [0.25, 0.3) is 0 Å². The van der Waals surface area contributed by atoms with E-state index < -0.39 is 0 Å². The summed E-state index contributed by atoms with van der Waals surface area (Å²) in [5.41, 5.74) is 0. The molecule has 0 spiro atoms. The molecule has 0 saturated carbocycles. The molecule has 0 fully saturated rings. The van der Waals surface area contributed by atoms with E-state index in [4.69, 9.17) is 27.6 Å². The first-order valence-electron chi connectivity index (χ1n) is 5.02. The number of nitrogens with one attached hydrogen (secondary N) is 1. The second-order valence-electron chi connectivity index (χ2n) is 3.49. The Hall–Kier alpha value is -0.740. The van der Waals surface area contributed by atoms with Crippen molar-refractivity contribution in [2.75, 3.05) is 6.54 Å². The van der Waals surface area contributed by atoms with E-state index in [1.807, 2.05) is 24.3 Å². The van der Waals surface area contributed by atoms with Gasteiger partial charge in [-0.2, -0.15) is 0 Å². The normalized spacial score (nSPS) is 12.6. The molecule has 2 aromatic heterocycles. The highest BCUT2D eigenvalue weighted by Gasteiger charge is 2.18. The van der Waals surface area contributed by atoms with Crippen LogP contribution in [0.15, 0.2) is 46.6 Å². The van der Waals surface area contributed by atoms with Crippen LogP contribution < -0.4 is 5.32 Å². The van der Waals surface area contributed by atoms with Crippen LogP contribution in [0, 0.1) is 0 Å². The second kappa shape index (κ2) is 5.74. The Morgan fingerprint density at radius 3 is 2.82 bits per heavy atom. The van der Waals surface area contributed by atoms with Crippen LogP contribution in [-0.4, -0.2) is 6.54 Å². The monoisotopic (exact) mass is 287 g/mol. The zero-order chi connectivity index (χ0) is 12.3. The van der Waals surface area contributed by atoms with Crippen LogP contribution in [0.1, 0.15) is 16.7 Å². The standard InChI is InChI=1S/C12H11Cl2NOS/c1-8(13)7-15-12(9-3-2-6-16-9)10-4-5-11(14)17-10/h2-6,12,15H,1,7H2. The van der Waals surface area contributed by atoms with Crippen LogP contribution in [0.5, 0.6) is 0 Å².